The predicted octanol–water partition coefficient (Wildman–Crippen LogP) is 4.56. The molecule has 0 saturated carbocycles. The SMILES string of the molecule is CCCc1ccc(-c2cc(OC)ccc2Cl)o1. The summed E-state index contributed by atoms with van der Waals surface area (Å²) in [4.78, 5) is 0. The smallest absolute Gasteiger partial charge is 0.135 e. The molecule has 0 N–H and O–H groups in total. The third-order valence-electron chi connectivity index (χ3n) is 2.60. The molecule has 1 aromatic heterocycles. The van der Waals surface area contributed by atoms with Crippen molar-refractivity contribution in [2.75, 3.05) is 7.11 Å². The highest BCUT2D eigenvalue weighted by molar-refractivity contribution is 6.33. The van der Waals surface area contributed by atoms with Crippen molar-refractivity contribution in [1.29, 1.82) is 0 Å². The highest BCUT2D eigenvalue weighted by Gasteiger charge is 2.09. The van der Waals surface area contributed by atoms with E-state index in [-0.39, 0.29) is 0 Å². The Labute approximate surface area is 106 Å². The number of hydrogen-bond acceptors (Lipinski definition) is 2. The number of furan rings is 1. The molecule has 0 bridgehead atoms. The molecule has 0 saturated heterocycles. The van der Waals surface area contributed by atoms with Crippen LogP contribution in [0.1, 0.15) is 19.1 Å². The van der Waals surface area contributed by atoms with Gasteiger partial charge in [0.25, 0.3) is 0 Å². The van der Waals surface area contributed by atoms with E-state index in [2.05, 4.69) is 6.92 Å². The summed E-state index contributed by atoms with van der Waals surface area (Å²) in [6.07, 6.45) is 2.01. The molecule has 0 aliphatic heterocycles. The molecule has 2 nitrogen and oxygen atoms in total. The zero-order valence-electron chi connectivity index (χ0n) is 10.00. The van der Waals surface area contributed by atoms with Crippen molar-refractivity contribution in [3.05, 3.63) is 41.1 Å². The standard InChI is InChI=1S/C14H15ClO2/c1-3-4-10-6-8-14(17-10)12-9-11(16-2)5-7-13(12)15/h5-9H,3-4H2,1-2H3. The third-order valence-corrected chi connectivity index (χ3v) is 2.93. The number of benzene rings is 1. The van der Waals surface area contributed by atoms with E-state index in [0.717, 1.165) is 35.7 Å². The van der Waals surface area contributed by atoms with Crippen LogP contribution < -0.4 is 4.74 Å². The molecule has 17 heavy (non-hydrogen) atoms. The van der Waals surface area contributed by atoms with Crippen LogP contribution in [0.5, 0.6) is 5.75 Å². The van der Waals surface area contributed by atoms with Gasteiger partial charge in [-0.15, -0.1) is 0 Å². The van der Waals surface area contributed by atoms with Gasteiger partial charge in [-0.1, -0.05) is 18.5 Å². The van der Waals surface area contributed by atoms with Crippen LogP contribution in [-0.4, -0.2) is 7.11 Å². The minimum atomic E-state index is 0.670. The molecule has 0 aliphatic rings. The first-order valence-corrected chi connectivity index (χ1v) is 6.05. The van der Waals surface area contributed by atoms with Crippen molar-refractivity contribution in [2.45, 2.75) is 19.8 Å². The summed E-state index contributed by atoms with van der Waals surface area (Å²) >= 11 is 6.16. The van der Waals surface area contributed by atoms with Gasteiger partial charge in [-0.25, -0.2) is 0 Å². The molecule has 2 rings (SSSR count). The van der Waals surface area contributed by atoms with Gasteiger partial charge in [-0.3, -0.25) is 0 Å². The third kappa shape index (κ3) is 2.64. The van der Waals surface area contributed by atoms with E-state index in [4.69, 9.17) is 20.8 Å². The lowest BCUT2D eigenvalue weighted by Crippen LogP contribution is -1.84. The Morgan fingerprint density at radius 2 is 2.06 bits per heavy atom. The van der Waals surface area contributed by atoms with Crippen molar-refractivity contribution >= 4 is 11.6 Å². The van der Waals surface area contributed by atoms with Gasteiger partial charge in [0.05, 0.1) is 12.1 Å². The van der Waals surface area contributed by atoms with E-state index in [1.54, 1.807) is 7.11 Å². The number of ether oxygens (including phenoxy) is 1. The number of halogens is 1. The van der Waals surface area contributed by atoms with Gasteiger partial charge in [0.15, 0.2) is 0 Å². The van der Waals surface area contributed by atoms with E-state index in [0.29, 0.717) is 5.02 Å². The molecule has 0 unspecified atom stereocenters. The van der Waals surface area contributed by atoms with Gasteiger partial charge < -0.3 is 9.15 Å². The van der Waals surface area contributed by atoms with Gasteiger partial charge in [-0.2, -0.15) is 0 Å². The molecule has 0 radical (unpaired) electrons. The highest BCUT2D eigenvalue weighted by Crippen LogP contribution is 2.32. The molecular weight excluding hydrogens is 236 g/mol. The maximum absolute atomic E-state index is 6.16. The number of aryl methyl sites for hydroxylation is 1. The quantitative estimate of drug-likeness (QED) is 0.794. The second kappa shape index (κ2) is 5.28. The summed E-state index contributed by atoms with van der Waals surface area (Å²) in [5.74, 6) is 2.55. The van der Waals surface area contributed by atoms with Crippen molar-refractivity contribution < 1.29 is 9.15 Å². The first kappa shape index (κ1) is 12.1. The summed E-state index contributed by atoms with van der Waals surface area (Å²) in [6, 6.07) is 9.48. The molecule has 2 aromatic rings. The van der Waals surface area contributed by atoms with Crippen LogP contribution >= 0.6 is 11.6 Å². The highest BCUT2D eigenvalue weighted by atomic mass is 35.5. The number of hydrogen-bond donors (Lipinski definition) is 0. The van der Waals surface area contributed by atoms with Crippen LogP contribution in [0.15, 0.2) is 34.7 Å². The lowest BCUT2D eigenvalue weighted by molar-refractivity contribution is 0.414. The Morgan fingerprint density at radius 1 is 1.24 bits per heavy atom. The zero-order chi connectivity index (χ0) is 12.3. The van der Waals surface area contributed by atoms with E-state index < -0.39 is 0 Å². The van der Waals surface area contributed by atoms with Crippen molar-refractivity contribution in [3.8, 4) is 17.1 Å². The van der Waals surface area contributed by atoms with Crippen LogP contribution in [0.3, 0.4) is 0 Å². The molecule has 0 fully saturated rings. The Hall–Kier alpha value is -1.41. The minimum Gasteiger partial charge on any atom is -0.497 e. The molecular formula is C14H15ClO2. The summed E-state index contributed by atoms with van der Waals surface area (Å²) in [5.41, 5.74) is 0.869. The average Bonchev–Trinajstić information content (AvgIpc) is 2.79. The van der Waals surface area contributed by atoms with Crippen LogP contribution in [0, 0.1) is 0 Å². The molecule has 90 valence electrons. The first-order chi connectivity index (χ1) is 8.24. The largest absolute Gasteiger partial charge is 0.497 e. The second-order valence-corrected chi connectivity index (χ2v) is 4.27. The molecule has 0 atom stereocenters. The topological polar surface area (TPSA) is 22.4 Å². The van der Waals surface area contributed by atoms with E-state index in [1.807, 2.05) is 30.3 Å². The maximum Gasteiger partial charge on any atom is 0.135 e. The van der Waals surface area contributed by atoms with E-state index in [9.17, 15) is 0 Å². The van der Waals surface area contributed by atoms with Gasteiger partial charge in [0, 0.05) is 12.0 Å². The van der Waals surface area contributed by atoms with Gasteiger partial charge in [0.1, 0.15) is 17.3 Å². The fraction of sp³-hybridized carbons (Fsp3) is 0.286. The first-order valence-electron chi connectivity index (χ1n) is 5.67. The van der Waals surface area contributed by atoms with Crippen LogP contribution in [0.4, 0.5) is 0 Å². The lowest BCUT2D eigenvalue weighted by atomic mass is 10.1. The number of rotatable bonds is 4. The molecule has 0 spiro atoms. The van der Waals surface area contributed by atoms with Crippen molar-refractivity contribution in [3.63, 3.8) is 0 Å². The molecule has 1 aromatic carbocycles. The number of methoxy groups -OCH3 is 1. The van der Waals surface area contributed by atoms with Crippen LogP contribution in [0.25, 0.3) is 11.3 Å². The normalized spacial score (nSPS) is 10.5. The fourth-order valence-corrected chi connectivity index (χ4v) is 1.93. The Bertz CT molecular complexity index is 503. The Balaban J connectivity index is 2.37. The van der Waals surface area contributed by atoms with Gasteiger partial charge in [-0.05, 0) is 36.8 Å². The predicted molar refractivity (Wildman–Crippen MR) is 69.7 cm³/mol. The second-order valence-electron chi connectivity index (χ2n) is 3.86. The van der Waals surface area contributed by atoms with Gasteiger partial charge in [0.2, 0.25) is 0 Å². The van der Waals surface area contributed by atoms with E-state index >= 15 is 0 Å². The molecule has 1 heterocycles. The fourth-order valence-electron chi connectivity index (χ4n) is 1.72. The van der Waals surface area contributed by atoms with Crippen LogP contribution in [-0.2, 0) is 6.42 Å². The molecule has 0 amide bonds. The zero-order valence-corrected chi connectivity index (χ0v) is 10.8. The summed E-state index contributed by atoms with van der Waals surface area (Å²) in [5, 5.41) is 0.670. The van der Waals surface area contributed by atoms with Crippen LogP contribution in [0.2, 0.25) is 5.02 Å². The van der Waals surface area contributed by atoms with Crippen molar-refractivity contribution in [2.24, 2.45) is 0 Å². The summed E-state index contributed by atoms with van der Waals surface area (Å²) < 4.78 is 10.9. The summed E-state index contributed by atoms with van der Waals surface area (Å²) in [6.45, 7) is 2.13. The summed E-state index contributed by atoms with van der Waals surface area (Å²) in [7, 11) is 1.64. The minimum absolute atomic E-state index is 0.670. The lowest BCUT2D eigenvalue weighted by Gasteiger charge is -2.04. The molecule has 0 aliphatic carbocycles. The van der Waals surface area contributed by atoms with Crippen molar-refractivity contribution in [1.82, 2.24) is 0 Å². The Morgan fingerprint density at radius 3 is 2.76 bits per heavy atom. The maximum atomic E-state index is 6.16. The molecule has 3 heteroatoms. The average molecular weight is 251 g/mol. The van der Waals surface area contributed by atoms with E-state index in [1.165, 1.54) is 0 Å². The van der Waals surface area contributed by atoms with Gasteiger partial charge >= 0.3 is 0 Å². The Kier molecular flexibility index (Phi) is 3.75. The monoisotopic (exact) mass is 250 g/mol.